The summed E-state index contributed by atoms with van der Waals surface area (Å²) in [5.74, 6) is 5.34. The summed E-state index contributed by atoms with van der Waals surface area (Å²) in [4.78, 5) is 23.3. The number of nitrogens with one attached hydrogen (secondary N) is 2. The first-order valence-corrected chi connectivity index (χ1v) is 8.20. The van der Waals surface area contributed by atoms with E-state index in [4.69, 9.17) is 11.6 Å². The van der Waals surface area contributed by atoms with Crippen molar-refractivity contribution in [1.29, 1.82) is 0 Å². The number of aromatic nitrogens is 4. The number of nitrogens with two attached hydrogens (primary N) is 2. The van der Waals surface area contributed by atoms with Crippen molar-refractivity contribution >= 4 is 11.8 Å². The molecule has 1 atom stereocenters. The number of amides is 2. The number of carbonyl (C=O) groups is 2. The average Bonchev–Trinajstić information content (AvgIpc) is 2.67. The molecule has 1 unspecified atom stereocenters. The monoisotopic (exact) mass is 358 g/mol. The summed E-state index contributed by atoms with van der Waals surface area (Å²) in [6.45, 7) is 2.20. The Hall–Kier alpha value is -2.98. The number of hydrogen-bond acceptors (Lipinski definition) is 8. The molecule has 1 aromatic carbocycles. The van der Waals surface area contributed by atoms with E-state index >= 15 is 0 Å². The van der Waals surface area contributed by atoms with Crippen LogP contribution in [0.3, 0.4) is 0 Å². The van der Waals surface area contributed by atoms with Crippen LogP contribution < -0.4 is 22.3 Å². The summed E-state index contributed by atoms with van der Waals surface area (Å²) in [6.07, 6.45) is 1.93. The number of rotatable bonds is 8. The van der Waals surface area contributed by atoms with Gasteiger partial charge in [0.1, 0.15) is 0 Å². The number of benzene rings is 1. The Morgan fingerprint density at radius 3 is 2.35 bits per heavy atom. The molecule has 0 saturated heterocycles. The van der Waals surface area contributed by atoms with Gasteiger partial charge in [0.05, 0.1) is 6.04 Å². The SMILES string of the molecule is Cc1nnc(-c2ccc(C(=O)NCCCCC(N)C(=O)NN)cc2)nn1. The largest absolute Gasteiger partial charge is 0.352 e. The summed E-state index contributed by atoms with van der Waals surface area (Å²) >= 11 is 0. The molecule has 0 spiro atoms. The van der Waals surface area contributed by atoms with E-state index in [1.165, 1.54) is 0 Å². The number of unbranched alkanes of at least 4 members (excludes halogenated alkanes) is 1. The fourth-order valence-electron chi connectivity index (χ4n) is 2.20. The van der Waals surface area contributed by atoms with Gasteiger partial charge in [-0.25, -0.2) is 5.84 Å². The quantitative estimate of drug-likeness (QED) is 0.212. The molecule has 0 aliphatic heterocycles. The second-order valence-corrected chi connectivity index (χ2v) is 5.71. The van der Waals surface area contributed by atoms with Crippen LogP contribution in [0.15, 0.2) is 24.3 Å². The summed E-state index contributed by atoms with van der Waals surface area (Å²) in [6, 6.07) is 6.24. The van der Waals surface area contributed by atoms with Crippen molar-refractivity contribution in [2.75, 3.05) is 6.54 Å². The number of hydrogen-bond donors (Lipinski definition) is 4. The molecule has 0 aliphatic carbocycles. The number of hydrazine groups is 1. The normalized spacial score (nSPS) is 11.7. The summed E-state index contributed by atoms with van der Waals surface area (Å²) < 4.78 is 0. The van der Waals surface area contributed by atoms with Gasteiger partial charge < -0.3 is 11.1 Å². The zero-order chi connectivity index (χ0) is 18.9. The minimum Gasteiger partial charge on any atom is -0.352 e. The fraction of sp³-hybridized carbons (Fsp3) is 0.375. The second kappa shape index (κ2) is 9.49. The molecule has 0 fully saturated rings. The lowest BCUT2D eigenvalue weighted by molar-refractivity contribution is -0.122. The molecule has 138 valence electrons. The smallest absolute Gasteiger partial charge is 0.251 e. The minimum atomic E-state index is -0.629. The molecule has 6 N–H and O–H groups in total. The molecule has 2 rings (SSSR count). The molecule has 10 nitrogen and oxygen atoms in total. The summed E-state index contributed by atoms with van der Waals surface area (Å²) in [5.41, 5.74) is 8.91. The molecule has 1 aromatic heterocycles. The minimum absolute atomic E-state index is 0.179. The molecule has 1 heterocycles. The first-order chi connectivity index (χ1) is 12.5. The van der Waals surface area contributed by atoms with E-state index < -0.39 is 11.9 Å². The zero-order valence-corrected chi connectivity index (χ0v) is 14.5. The Bertz CT molecular complexity index is 733. The van der Waals surface area contributed by atoms with Crippen LogP contribution in [-0.2, 0) is 4.79 Å². The van der Waals surface area contributed by atoms with Gasteiger partial charge in [0.2, 0.25) is 5.82 Å². The van der Waals surface area contributed by atoms with Crippen LogP contribution in [-0.4, -0.2) is 44.8 Å². The van der Waals surface area contributed by atoms with Gasteiger partial charge in [0, 0.05) is 17.7 Å². The maximum atomic E-state index is 12.1. The molecule has 0 radical (unpaired) electrons. The highest BCUT2D eigenvalue weighted by atomic mass is 16.2. The van der Waals surface area contributed by atoms with Crippen LogP contribution in [0.5, 0.6) is 0 Å². The van der Waals surface area contributed by atoms with Crippen LogP contribution in [0.4, 0.5) is 0 Å². The van der Waals surface area contributed by atoms with Crippen LogP contribution in [0.25, 0.3) is 11.4 Å². The van der Waals surface area contributed by atoms with Crippen molar-refractivity contribution in [1.82, 2.24) is 31.1 Å². The standard InChI is InChI=1S/C16H22N8O2/c1-10-21-23-14(24-22-10)11-5-7-12(8-6-11)15(25)19-9-3-2-4-13(17)16(26)20-18/h5-8,13H,2-4,9,17-18H2,1H3,(H,19,25)(H,20,26). The topological polar surface area (TPSA) is 162 Å². The average molecular weight is 358 g/mol. The van der Waals surface area contributed by atoms with Gasteiger partial charge in [0.15, 0.2) is 5.82 Å². The molecule has 0 saturated carbocycles. The van der Waals surface area contributed by atoms with Gasteiger partial charge in [-0.1, -0.05) is 12.1 Å². The van der Waals surface area contributed by atoms with E-state index in [1.807, 2.05) is 5.43 Å². The van der Waals surface area contributed by atoms with E-state index in [-0.39, 0.29) is 5.91 Å². The van der Waals surface area contributed by atoms with E-state index in [0.29, 0.717) is 43.0 Å². The third-order valence-corrected chi connectivity index (χ3v) is 3.69. The van der Waals surface area contributed by atoms with Gasteiger partial charge in [-0.15, -0.1) is 20.4 Å². The van der Waals surface area contributed by atoms with Crippen LogP contribution in [0.2, 0.25) is 0 Å². The molecule has 0 aliphatic rings. The molecule has 2 amide bonds. The lowest BCUT2D eigenvalue weighted by atomic mass is 10.1. The van der Waals surface area contributed by atoms with Crippen molar-refractivity contribution in [2.24, 2.45) is 11.6 Å². The van der Waals surface area contributed by atoms with E-state index in [9.17, 15) is 9.59 Å². The number of nitrogens with zero attached hydrogens (tertiary/aromatic N) is 4. The van der Waals surface area contributed by atoms with Gasteiger partial charge in [-0.2, -0.15) is 0 Å². The molecule has 10 heteroatoms. The Morgan fingerprint density at radius 1 is 1.08 bits per heavy atom. The highest BCUT2D eigenvalue weighted by molar-refractivity contribution is 5.94. The molecule has 2 aromatic rings. The van der Waals surface area contributed by atoms with Gasteiger partial charge in [-0.05, 0) is 38.3 Å². The van der Waals surface area contributed by atoms with Crippen molar-refractivity contribution in [3.63, 3.8) is 0 Å². The lowest BCUT2D eigenvalue weighted by Gasteiger charge is -2.10. The van der Waals surface area contributed by atoms with Crippen LogP contribution in [0.1, 0.15) is 35.4 Å². The first-order valence-electron chi connectivity index (χ1n) is 8.20. The highest BCUT2D eigenvalue weighted by Crippen LogP contribution is 2.14. The lowest BCUT2D eigenvalue weighted by Crippen LogP contribution is -2.43. The van der Waals surface area contributed by atoms with Gasteiger partial charge in [0.25, 0.3) is 11.8 Å². The Kier molecular flexibility index (Phi) is 7.06. The Balaban J connectivity index is 1.77. The summed E-state index contributed by atoms with van der Waals surface area (Å²) in [7, 11) is 0. The summed E-state index contributed by atoms with van der Waals surface area (Å²) in [5, 5.41) is 18.4. The maximum Gasteiger partial charge on any atom is 0.251 e. The number of aryl methyl sites for hydroxylation is 1. The van der Waals surface area contributed by atoms with Crippen molar-refractivity contribution < 1.29 is 9.59 Å². The molecular formula is C16H22N8O2. The molecular weight excluding hydrogens is 336 g/mol. The van der Waals surface area contributed by atoms with Crippen molar-refractivity contribution in [3.05, 3.63) is 35.7 Å². The first kappa shape index (κ1) is 19.3. The third-order valence-electron chi connectivity index (χ3n) is 3.69. The fourth-order valence-corrected chi connectivity index (χ4v) is 2.20. The van der Waals surface area contributed by atoms with Crippen molar-refractivity contribution in [2.45, 2.75) is 32.2 Å². The van der Waals surface area contributed by atoms with E-state index in [0.717, 1.165) is 5.56 Å². The van der Waals surface area contributed by atoms with E-state index in [1.54, 1.807) is 31.2 Å². The van der Waals surface area contributed by atoms with Crippen LogP contribution in [0, 0.1) is 6.92 Å². The predicted octanol–water partition coefficient (Wildman–Crippen LogP) is -0.541. The zero-order valence-electron chi connectivity index (χ0n) is 14.5. The number of carbonyl (C=O) groups excluding carboxylic acids is 2. The Labute approximate surface area is 150 Å². The van der Waals surface area contributed by atoms with Crippen molar-refractivity contribution in [3.8, 4) is 11.4 Å². The molecule has 26 heavy (non-hydrogen) atoms. The van der Waals surface area contributed by atoms with E-state index in [2.05, 4.69) is 25.7 Å². The van der Waals surface area contributed by atoms with Crippen LogP contribution >= 0.6 is 0 Å². The maximum absolute atomic E-state index is 12.1. The predicted molar refractivity (Wildman–Crippen MR) is 94.3 cm³/mol. The molecule has 0 bridgehead atoms. The second-order valence-electron chi connectivity index (χ2n) is 5.71. The van der Waals surface area contributed by atoms with Gasteiger partial charge >= 0.3 is 0 Å². The Morgan fingerprint density at radius 2 is 1.73 bits per heavy atom. The third kappa shape index (κ3) is 5.53. The highest BCUT2D eigenvalue weighted by Gasteiger charge is 2.11. The van der Waals surface area contributed by atoms with Gasteiger partial charge in [-0.3, -0.25) is 15.0 Å².